The summed E-state index contributed by atoms with van der Waals surface area (Å²) < 4.78 is 31.3. The molecule has 0 bridgehead atoms. The van der Waals surface area contributed by atoms with Crippen molar-refractivity contribution in [3.63, 3.8) is 0 Å². The Labute approximate surface area is 248 Å². The molecule has 43 heavy (non-hydrogen) atoms. The van der Waals surface area contributed by atoms with Crippen molar-refractivity contribution in [2.24, 2.45) is 5.41 Å². The fourth-order valence-corrected chi connectivity index (χ4v) is 5.00. The number of carboxylic acid groups (broad SMARTS) is 1. The number of hydrogen-bond acceptors (Lipinski definition) is 7. The fraction of sp³-hybridized carbons (Fsp3) is 0.235. The number of aromatic nitrogens is 2. The molecule has 9 heteroatoms. The summed E-state index contributed by atoms with van der Waals surface area (Å²) in [5, 5.41) is 11.5. The maximum absolute atomic E-state index is 11.7. The minimum absolute atomic E-state index is 0.0532. The van der Waals surface area contributed by atoms with E-state index in [2.05, 4.69) is 27.8 Å². The van der Waals surface area contributed by atoms with Crippen LogP contribution in [0.3, 0.4) is 0 Å². The normalized spacial score (nSPS) is 11.7. The van der Waals surface area contributed by atoms with E-state index in [4.69, 9.17) is 23.0 Å². The molecule has 0 radical (unpaired) electrons. The molecule has 1 N–H and O–H groups in total. The number of methoxy groups -OCH3 is 1. The Hall–Kier alpha value is -5.18. The van der Waals surface area contributed by atoms with Crippen molar-refractivity contribution >= 4 is 27.8 Å². The number of oxazole rings is 1. The zero-order valence-electron chi connectivity index (χ0n) is 24.4. The molecule has 6 aromatic rings. The Morgan fingerprint density at radius 3 is 2.53 bits per heavy atom. The maximum Gasteiger partial charge on any atom is 0.312 e. The first kappa shape index (κ1) is 28.0. The summed E-state index contributed by atoms with van der Waals surface area (Å²) in [6, 6.07) is 23.5. The Balaban J connectivity index is 1.27. The quantitative estimate of drug-likeness (QED) is 0.168. The van der Waals surface area contributed by atoms with Gasteiger partial charge in [0.05, 0.1) is 24.3 Å². The van der Waals surface area contributed by atoms with Crippen LogP contribution in [-0.4, -0.2) is 34.3 Å². The third-order valence-electron chi connectivity index (χ3n) is 7.48. The summed E-state index contributed by atoms with van der Waals surface area (Å²) in [5.74, 6) is 2.57. The molecule has 0 fully saturated rings. The molecular formula is C34H32N2O7. The first-order valence-electron chi connectivity index (χ1n) is 13.9. The minimum atomic E-state index is -1.02. The van der Waals surface area contributed by atoms with E-state index in [1.165, 1.54) is 0 Å². The molecule has 6 rings (SSSR count). The Bertz CT molecular complexity index is 1910. The van der Waals surface area contributed by atoms with Crippen LogP contribution >= 0.6 is 0 Å². The molecule has 0 atom stereocenters. The van der Waals surface area contributed by atoms with Gasteiger partial charge in [-0.05, 0) is 68.8 Å². The summed E-state index contributed by atoms with van der Waals surface area (Å²) in [6.07, 6.45) is 1.58. The molecule has 0 aliphatic heterocycles. The third kappa shape index (κ3) is 5.41. The second-order valence-electron chi connectivity index (χ2n) is 11.0. The maximum atomic E-state index is 11.7. The first-order valence-corrected chi connectivity index (χ1v) is 13.9. The van der Waals surface area contributed by atoms with E-state index >= 15 is 0 Å². The summed E-state index contributed by atoms with van der Waals surface area (Å²) in [4.78, 5) is 16.2. The summed E-state index contributed by atoms with van der Waals surface area (Å²) >= 11 is 0. The van der Waals surface area contributed by atoms with Crippen LogP contribution in [0.4, 0.5) is 0 Å². The number of carboxylic acids is 1. The first-order chi connectivity index (χ1) is 20.7. The minimum Gasteiger partial charge on any atom is -0.493 e. The van der Waals surface area contributed by atoms with Crippen molar-refractivity contribution < 1.29 is 32.9 Å². The van der Waals surface area contributed by atoms with Crippen LogP contribution in [0.1, 0.15) is 30.9 Å². The van der Waals surface area contributed by atoms with E-state index in [9.17, 15) is 9.90 Å². The average Bonchev–Trinajstić information content (AvgIpc) is 3.74. The van der Waals surface area contributed by atoms with Gasteiger partial charge in [0.2, 0.25) is 0 Å². The van der Waals surface area contributed by atoms with Gasteiger partial charge in [0.25, 0.3) is 5.89 Å². The molecule has 0 saturated heterocycles. The van der Waals surface area contributed by atoms with Crippen LogP contribution in [0.2, 0.25) is 0 Å². The summed E-state index contributed by atoms with van der Waals surface area (Å²) in [5.41, 5.74) is 2.70. The predicted molar refractivity (Wildman–Crippen MR) is 162 cm³/mol. The van der Waals surface area contributed by atoms with Crippen molar-refractivity contribution in [1.82, 2.24) is 9.55 Å². The van der Waals surface area contributed by atoms with E-state index in [0.29, 0.717) is 46.9 Å². The standard InChI is InChI=1S/C34H32N2O7/c1-21-24(35-32(43-21)29-13-8-16-40-29)19-41-27-15-14-22(17-30(27)39-4)18-36-25-10-6-5-9-23(25)31-26(36)11-7-12-28(31)42-20-34(2,3)33(37)38/h5-17H,18-20H2,1-4H3,(H,37,38). The van der Waals surface area contributed by atoms with Gasteiger partial charge in [0, 0.05) is 22.8 Å². The van der Waals surface area contributed by atoms with Gasteiger partial charge >= 0.3 is 5.97 Å². The third-order valence-corrected chi connectivity index (χ3v) is 7.48. The molecule has 3 aromatic carbocycles. The number of aryl methyl sites for hydroxylation is 1. The zero-order chi connectivity index (χ0) is 30.1. The Morgan fingerprint density at radius 1 is 0.953 bits per heavy atom. The lowest BCUT2D eigenvalue weighted by Crippen LogP contribution is -2.30. The predicted octanol–water partition coefficient (Wildman–Crippen LogP) is 7.48. The molecule has 0 amide bonds. The molecule has 3 heterocycles. The summed E-state index contributed by atoms with van der Waals surface area (Å²) in [7, 11) is 1.62. The van der Waals surface area contributed by atoms with E-state index in [-0.39, 0.29) is 13.2 Å². The van der Waals surface area contributed by atoms with E-state index in [1.54, 1.807) is 39.4 Å². The lowest BCUT2D eigenvalue weighted by Gasteiger charge is -2.20. The fourth-order valence-electron chi connectivity index (χ4n) is 5.00. The number of rotatable bonds is 11. The molecule has 9 nitrogen and oxygen atoms in total. The molecule has 220 valence electrons. The second kappa shape index (κ2) is 11.2. The largest absolute Gasteiger partial charge is 0.493 e. The molecule has 3 aromatic heterocycles. The van der Waals surface area contributed by atoms with Gasteiger partial charge in [0.15, 0.2) is 17.3 Å². The van der Waals surface area contributed by atoms with Gasteiger partial charge in [-0.3, -0.25) is 4.79 Å². The number of fused-ring (bicyclic) bond motifs is 3. The zero-order valence-corrected chi connectivity index (χ0v) is 24.4. The van der Waals surface area contributed by atoms with Gasteiger partial charge < -0.3 is 32.7 Å². The van der Waals surface area contributed by atoms with Gasteiger partial charge in [-0.15, -0.1) is 0 Å². The van der Waals surface area contributed by atoms with Gasteiger partial charge in [0.1, 0.15) is 30.4 Å². The smallest absolute Gasteiger partial charge is 0.312 e. The van der Waals surface area contributed by atoms with Crippen molar-refractivity contribution in [2.75, 3.05) is 13.7 Å². The van der Waals surface area contributed by atoms with Crippen LogP contribution in [0, 0.1) is 12.3 Å². The molecular weight excluding hydrogens is 548 g/mol. The van der Waals surface area contributed by atoms with E-state index in [0.717, 1.165) is 27.4 Å². The molecule has 0 aliphatic carbocycles. The highest BCUT2D eigenvalue weighted by Crippen LogP contribution is 2.38. The second-order valence-corrected chi connectivity index (χ2v) is 11.0. The Kier molecular flexibility index (Phi) is 7.31. The Morgan fingerprint density at radius 2 is 1.77 bits per heavy atom. The highest BCUT2D eigenvalue weighted by atomic mass is 16.5. The molecule has 0 unspecified atom stereocenters. The average molecular weight is 581 g/mol. The van der Waals surface area contributed by atoms with Gasteiger partial charge in [-0.2, -0.15) is 0 Å². The number of ether oxygens (including phenoxy) is 3. The van der Waals surface area contributed by atoms with Crippen LogP contribution in [-0.2, 0) is 17.9 Å². The van der Waals surface area contributed by atoms with Gasteiger partial charge in [-0.1, -0.05) is 30.3 Å². The van der Waals surface area contributed by atoms with Crippen molar-refractivity contribution in [3.8, 4) is 28.9 Å². The number of nitrogens with zero attached hydrogens (tertiary/aromatic N) is 2. The van der Waals surface area contributed by atoms with Crippen LogP contribution in [0.15, 0.2) is 87.9 Å². The monoisotopic (exact) mass is 580 g/mol. The highest BCUT2D eigenvalue weighted by Gasteiger charge is 2.29. The van der Waals surface area contributed by atoms with Crippen LogP contribution < -0.4 is 14.2 Å². The topological polar surface area (TPSA) is 109 Å². The number of furan rings is 1. The van der Waals surface area contributed by atoms with Crippen LogP contribution in [0.5, 0.6) is 17.2 Å². The van der Waals surface area contributed by atoms with Crippen molar-refractivity contribution in [1.29, 1.82) is 0 Å². The lowest BCUT2D eigenvalue weighted by atomic mass is 9.95. The number of carbonyl (C=O) groups is 1. The number of hydrogen-bond donors (Lipinski definition) is 1. The highest BCUT2D eigenvalue weighted by molar-refractivity contribution is 6.11. The number of para-hydroxylation sites is 1. The lowest BCUT2D eigenvalue weighted by molar-refractivity contribution is -0.148. The van der Waals surface area contributed by atoms with Crippen molar-refractivity contribution in [3.05, 3.63) is 96.1 Å². The van der Waals surface area contributed by atoms with Crippen molar-refractivity contribution in [2.45, 2.75) is 33.9 Å². The molecule has 0 aliphatic rings. The molecule has 0 saturated carbocycles. The van der Waals surface area contributed by atoms with E-state index < -0.39 is 11.4 Å². The number of benzene rings is 3. The van der Waals surface area contributed by atoms with Gasteiger partial charge in [-0.25, -0.2) is 4.98 Å². The van der Waals surface area contributed by atoms with E-state index in [1.807, 2.05) is 49.4 Å². The van der Waals surface area contributed by atoms with Crippen LogP contribution in [0.25, 0.3) is 33.5 Å². The molecule has 0 spiro atoms. The number of aliphatic carboxylic acids is 1. The SMILES string of the molecule is COc1cc(Cn2c3ccccc3c3c(OCC(C)(C)C(=O)O)cccc32)ccc1OCc1nc(-c2ccco2)oc1C. The summed E-state index contributed by atoms with van der Waals surface area (Å²) in [6.45, 7) is 5.99.